The lowest BCUT2D eigenvalue weighted by Gasteiger charge is -2.06. The molecule has 0 fully saturated rings. The highest BCUT2D eigenvalue weighted by atomic mass is 32.2. The summed E-state index contributed by atoms with van der Waals surface area (Å²) in [4.78, 5) is 2.09. The van der Waals surface area contributed by atoms with Crippen LogP contribution in [-0.4, -0.2) is 0 Å². The van der Waals surface area contributed by atoms with E-state index in [1.807, 2.05) is 48.5 Å². The van der Waals surface area contributed by atoms with Gasteiger partial charge in [-0.05, 0) is 24.3 Å². The van der Waals surface area contributed by atoms with E-state index in [-0.39, 0.29) is 0 Å². The molecule has 0 atom stereocenters. The van der Waals surface area contributed by atoms with Crippen molar-refractivity contribution in [2.75, 3.05) is 5.73 Å². The predicted octanol–water partition coefficient (Wildman–Crippen LogP) is 3.40. The summed E-state index contributed by atoms with van der Waals surface area (Å²) in [5.41, 5.74) is 7.56. The standard InChI is InChI=1S/C14H11NS/c1-2-11-7-3-5-9-13(11)16-14-10-6-4-8-12(14)15/h1,3-10H,15H2. The molecule has 1 nitrogen and oxygen atoms in total. The van der Waals surface area contributed by atoms with Gasteiger partial charge in [-0.2, -0.15) is 0 Å². The quantitative estimate of drug-likeness (QED) is 0.626. The van der Waals surface area contributed by atoms with Crippen molar-refractivity contribution in [1.29, 1.82) is 0 Å². The molecule has 0 aliphatic carbocycles. The predicted molar refractivity (Wildman–Crippen MR) is 69.4 cm³/mol. The van der Waals surface area contributed by atoms with Gasteiger partial charge in [0.1, 0.15) is 0 Å². The summed E-state index contributed by atoms with van der Waals surface area (Å²) in [5, 5.41) is 0. The van der Waals surface area contributed by atoms with Gasteiger partial charge in [-0.15, -0.1) is 6.42 Å². The average molecular weight is 225 g/mol. The summed E-state index contributed by atoms with van der Waals surface area (Å²) in [6, 6.07) is 15.6. The van der Waals surface area contributed by atoms with Crippen molar-refractivity contribution < 1.29 is 0 Å². The normalized spacial score (nSPS) is 9.69. The molecule has 0 bridgehead atoms. The lowest BCUT2D eigenvalue weighted by Crippen LogP contribution is -1.88. The molecule has 0 unspecified atom stereocenters. The van der Waals surface area contributed by atoms with Gasteiger partial charge in [0.25, 0.3) is 0 Å². The van der Waals surface area contributed by atoms with Crippen LogP contribution in [0.25, 0.3) is 0 Å². The summed E-state index contributed by atoms with van der Waals surface area (Å²) < 4.78 is 0. The van der Waals surface area contributed by atoms with E-state index >= 15 is 0 Å². The van der Waals surface area contributed by atoms with Crippen LogP contribution in [0.4, 0.5) is 5.69 Å². The van der Waals surface area contributed by atoms with Gasteiger partial charge < -0.3 is 5.73 Å². The van der Waals surface area contributed by atoms with Gasteiger partial charge in [0.2, 0.25) is 0 Å². The maximum Gasteiger partial charge on any atom is 0.0455 e. The van der Waals surface area contributed by atoms with Crippen LogP contribution in [0.2, 0.25) is 0 Å². The van der Waals surface area contributed by atoms with Crippen molar-refractivity contribution in [3.05, 3.63) is 54.1 Å². The molecule has 0 heterocycles. The number of rotatable bonds is 2. The van der Waals surface area contributed by atoms with E-state index in [9.17, 15) is 0 Å². The number of benzene rings is 2. The van der Waals surface area contributed by atoms with Crippen LogP contribution < -0.4 is 5.73 Å². The largest absolute Gasteiger partial charge is 0.398 e. The molecule has 2 rings (SSSR count). The fourth-order valence-corrected chi connectivity index (χ4v) is 2.32. The van der Waals surface area contributed by atoms with E-state index in [1.165, 1.54) is 0 Å². The molecular formula is C14H11NS. The molecule has 2 aromatic rings. The van der Waals surface area contributed by atoms with Gasteiger partial charge in [0.05, 0.1) is 0 Å². The van der Waals surface area contributed by atoms with Gasteiger partial charge in [-0.25, -0.2) is 0 Å². The molecule has 78 valence electrons. The minimum absolute atomic E-state index is 0.777. The first-order chi connectivity index (χ1) is 7.81. The topological polar surface area (TPSA) is 26.0 Å². The molecule has 2 N–H and O–H groups in total. The van der Waals surface area contributed by atoms with E-state index < -0.39 is 0 Å². The number of anilines is 1. The van der Waals surface area contributed by atoms with Gasteiger partial charge in [0.15, 0.2) is 0 Å². The number of nitrogen functional groups attached to an aromatic ring is 1. The van der Waals surface area contributed by atoms with Gasteiger partial charge in [-0.3, -0.25) is 0 Å². The number of nitrogens with two attached hydrogens (primary N) is 1. The van der Waals surface area contributed by atoms with Crippen molar-refractivity contribution in [1.82, 2.24) is 0 Å². The van der Waals surface area contributed by atoms with Gasteiger partial charge in [-0.1, -0.05) is 41.9 Å². The van der Waals surface area contributed by atoms with Crippen LogP contribution in [-0.2, 0) is 0 Å². The Labute approximate surface area is 99.7 Å². The highest BCUT2D eigenvalue weighted by Gasteiger charge is 2.03. The van der Waals surface area contributed by atoms with Crippen LogP contribution in [0.15, 0.2) is 58.3 Å². The van der Waals surface area contributed by atoms with Crippen molar-refractivity contribution in [2.45, 2.75) is 9.79 Å². The molecule has 16 heavy (non-hydrogen) atoms. The minimum atomic E-state index is 0.777. The molecule has 0 amide bonds. The molecule has 0 aliphatic heterocycles. The molecular weight excluding hydrogens is 214 g/mol. The first kappa shape index (κ1) is 10.7. The lowest BCUT2D eigenvalue weighted by molar-refractivity contribution is 1.38. The number of terminal acetylenes is 1. The smallest absolute Gasteiger partial charge is 0.0455 e. The third-order valence-corrected chi connectivity index (χ3v) is 3.35. The molecule has 0 saturated heterocycles. The Morgan fingerprint density at radius 3 is 2.25 bits per heavy atom. The van der Waals surface area contributed by atoms with Crippen molar-refractivity contribution in [2.24, 2.45) is 0 Å². The van der Waals surface area contributed by atoms with Crippen molar-refractivity contribution in [3.8, 4) is 12.3 Å². The number of hydrogen-bond donors (Lipinski definition) is 1. The highest BCUT2D eigenvalue weighted by molar-refractivity contribution is 7.99. The Hall–Kier alpha value is -1.85. The van der Waals surface area contributed by atoms with E-state index in [0.717, 1.165) is 21.0 Å². The van der Waals surface area contributed by atoms with Crippen LogP contribution in [0.1, 0.15) is 5.56 Å². The van der Waals surface area contributed by atoms with Crippen LogP contribution >= 0.6 is 11.8 Å². The number of hydrogen-bond acceptors (Lipinski definition) is 2. The van der Waals surface area contributed by atoms with Crippen molar-refractivity contribution >= 4 is 17.4 Å². The fourth-order valence-electron chi connectivity index (χ4n) is 1.37. The van der Waals surface area contributed by atoms with Crippen LogP contribution in [0, 0.1) is 12.3 Å². The third-order valence-electron chi connectivity index (χ3n) is 2.18. The second-order valence-electron chi connectivity index (χ2n) is 3.28. The molecule has 0 aliphatic rings. The second kappa shape index (κ2) is 4.78. The summed E-state index contributed by atoms with van der Waals surface area (Å²) in [5.74, 6) is 2.67. The van der Waals surface area contributed by atoms with E-state index in [0.29, 0.717) is 0 Å². The SMILES string of the molecule is C#Cc1ccccc1Sc1ccccc1N. The highest BCUT2D eigenvalue weighted by Crippen LogP contribution is 2.33. The Balaban J connectivity index is 2.35. The first-order valence-corrected chi connectivity index (χ1v) is 5.71. The Morgan fingerprint density at radius 2 is 1.56 bits per heavy atom. The second-order valence-corrected chi connectivity index (χ2v) is 4.36. The minimum Gasteiger partial charge on any atom is -0.398 e. The number of para-hydroxylation sites is 1. The zero-order valence-electron chi connectivity index (χ0n) is 8.68. The molecule has 2 aromatic carbocycles. The van der Waals surface area contributed by atoms with E-state index in [2.05, 4.69) is 5.92 Å². The van der Waals surface area contributed by atoms with E-state index in [4.69, 9.17) is 12.2 Å². The maximum absolute atomic E-state index is 5.89. The molecule has 2 heteroatoms. The monoisotopic (exact) mass is 225 g/mol. The summed E-state index contributed by atoms with van der Waals surface area (Å²) in [6.45, 7) is 0. The first-order valence-electron chi connectivity index (χ1n) is 4.89. The molecule has 0 spiro atoms. The van der Waals surface area contributed by atoms with Gasteiger partial charge >= 0.3 is 0 Å². The summed E-state index contributed by atoms with van der Waals surface area (Å²) >= 11 is 1.60. The Kier molecular flexibility index (Phi) is 3.19. The summed E-state index contributed by atoms with van der Waals surface area (Å²) in [6.07, 6.45) is 5.45. The molecule has 0 radical (unpaired) electrons. The van der Waals surface area contributed by atoms with E-state index in [1.54, 1.807) is 11.8 Å². The zero-order valence-corrected chi connectivity index (χ0v) is 9.50. The van der Waals surface area contributed by atoms with Crippen LogP contribution in [0.5, 0.6) is 0 Å². The van der Waals surface area contributed by atoms with Gasteiger partial charge in [0, 0.05) is 21.0 Å². The molecule has 0 aromatic heterocycles. The lowest BCUT2D eigenvalue weighted by atomic mass is 10.2. The molecule has 0 saturated carbocycles. The third kappa shape index (κ3) is 2.21. The Morgan fingerprint density at radius 1 is 0.938 bits per heavy atom. The summed E-state index contributed by atoms with van der Waals surface area (Å²) in [7, 11) is 0. The van der Waals surface area contributed by atoms with Crippen molar-refractivity contribution in [3.63, 3.8) is 0 Å². The zero-order chi connectivity index (χ0) is 11.4. The fraction of sp³-hybridized carbons (Fsp3) is 0. The average Bonchev–Trinajstić information content (AvgIpc) is 2.33. The maximum atomic E-state index is 5.89. The Bertz CT molecular complexity index is 540. The van der Waals surface area contributed by atoms with Crippen LogP contribution in [0.3, 0.4) is 0 Å².